The molecular formula is C14H26N2O2. The SMILES string of the molecule is CC(C)C1(O)CN(C(=O)CCC2CCCNC2)C1. The molecule has 2 saturated heterocycles. The summed E-state index contributed by atoms with van der Waals surface area (Å²) in [5, 5.41) is 13.5. The maximum absolute atomic E-state index is 12.0. The summed E-state index contributed by atoms with van der Waals surface area (Å²) >= 11 is 0. The van der Waals surface area contributed by atoms with E-state index in [4.69, 9.17) is 0 Å². The minimum Gasteiger partial charge on any atom is -0.386 e. The first-order valence-electron chi connectivity index (χ1n) is 7.22. The molecule has 0 radical (unpaired) electrons. The largest absolute Gasteiger partial charge is 0.386 e. The number of rotatable bonds is 4. The maximum atomic E-state index is 12.0. The average Bonchev–Trinajstić information content (AvgIpc) is 2.33. The second-order valence-electron chi connectivity index (χ2n) is 6.26. The average molecular weight is 254 g/mol. The lowest BCUT2D eigenvalue weighted by molar-refractivity contribution is -0.164. The Morgan fingerprint density at radius 2 is 2.22 bits per heavy atom. The van der Waals surface area contributed by atoms with Crippen LogP contribution in [0.1, 0.15) is 39.5 Å². The van der Waals surface area contributed by atoms with Crippen molar-refractivity contribution in [3.63, 3.8) is 0 Å². The summed E-state index contributed by atoms with van der Waals surface area (Å²) in [7, 11) is 0. The van der Waals surface area contributed by atoms with Crippen molar-refractivity contribution in [2.45, 2.75) is 45.1 Å². The van der Waals surface area contributed by atoms with Gasteiger partial charge in [-0.1, -0.05) is 13.8 Å². The molecule has 4 nitrogen and oxygen atoms in total. The summed E-state index contributed by atoms with van der Waals surface area (Å²) < 4.78 is 0. The van der Waals surface area contributed by atoms with Crippen LogP contribution in [0.3, 0.4) is 0 Å². The van der Waals surface area contributed by atoms with Crippen molar-refractivity contribution >= 4 is 5.91 Å². The van der Waals surface area contributed by atoms with Gasteiger partial charge < -0.3 is 15.3 Å². The Hall–Kier alpha value is -0.610. The molecule has 2 fully saturated rings. The van der Waals surface area contributed by atoms with Crippen LogP contribution >= 0.6 is 0 Å². The highest BCUT2D eigenvalue weighted by Crippen LogP contribution is 2.29. The number of likely N-dealkylation sites (tertiary alicyclic amines) is 1. The molecule has 2 rings (SSSR count). The predicted molar refractivity (Wildman–Crippen MR) is 71.2 cm³/mol. The molecule has 18 heavy (non-hydrogen) atoms. The summed E-state index contributed by atoms with van der Waals surface area (Å²) in [6.45, 7) is 7.24. The van der Waals surface area contributed by atoms with Crippen LogP contribution < -0.4 is 5.32 Å². The van der Waals surface area contributed by atoms with Crippen LogP contribution in [0.4, 0.5) is 0 Å². The van der Waals surface area contributed by atoms with Gasteiger partial charge in [-0.15, -0.1) is 0 Å². The third kappa shape index (κ3) is 3.04. The van der Waals surface area contributed by atoms with Crippen LogP contribution in [0, 0.1) is 11.8 Å². The van der Waals surface area contributed by atoms with E-state index in [9.17, 15) is 9.90 Å². The number of piperidine rings is 1. The van der Waals surface area contributed by atoms with Crippen LogP contribution in [0.15, 0.2) is 0 Å². The Kier molecular flexibility index (Phi) is 4.28. The highest BCUT2D eigenvalue weighted by molar-refractivity contribution is 5.77. The Labute approximate surface area is 110 Å². The zero-order chi connectivity index (χ0) is 13.2. The summed E-state index contributed by atoms with van der Waals surface area (Å²) in [4.78, 5) is 13.8. The van der Waals surface area contributed by atoms with Crippen LogP contribution in [-0.2, 0) is 4.79 Å². The summed E-state index contributed by atoms with van der Waals surface area (Å²) in [5.74, 6) is 1.10. The van der Waals surface area contributed by atoms with Gasteiger partial charge in [0.2, 0.25) is 5.91 Å². The number of nitrogens with one attached hydrogen (secondary N) is 1. The molecule has 0 aromatic rings. The highest BCUT2D eigenvalue weighted by atomic mass is 16.3. The lowest BCUT2D eigenvalue weighted by Crippen LogP contribution is -2.65. The molecular weight excluding hydrogens is 228 g/mol. The standard InChI is InChI=1S/C14H26N2O2/c1-11(2)14(18)9-16(10-14)13(17)6-5-12-4-3-7-15-8-12/h11-12,15,18H,3-10H2,1-2H3. The molecule has 2 N–H and O–H groups in total. The minimum absolute atomic E-state index is 0.214. The van der Waals surface area contributed by atoms with Gasteiger partial charge >= 0.3 is 0 Å². The molecule has 0 aromatic carbocycles. The van der Waals surface area contributed by atoms with Crippen LogP contribution in [-0.4, -0.2) is 47.7 Å². The fraction of sp³-hybridized carbons (Fsp3) is 0.929. The van der Waals surface area contributed by atoms with Gasteiger partial charge in [-0.25, -0.2) is 0 Å². The van der Waals surface area contributed by atoms with E-state index in [-0.39, 0.29) is 11.8 Å². The first-order valence-corrected chi connectivity index (χ1v) is 7.22. The Morgan fingerprint density at radius 3 is 2.78 bits per heavy atom. The van der Waals surface area contributed by atoms with Gasteiger partial charge in [-0.3, -0.25) is 4.79 Å². The van der Waals surface area contributed by atoms with E-state index in [1.54, 1.807) is 4.90 Å². The van der Waals surface area contributed by atoms with Crippen molar-refractivity contribution in [1.82, 2.24) is 10.2 Å². The van der Waals surface area contributed by atoms with Crippen LogP contribution in [0.5, 0.6) is 0 Å². The Bertz CT molecular complexity index is 292. The zero-order valence-corrected chi connectivity index (χ0v) is 11.6. The second kappa shape index (κ2) is 5.57. The van der Waals surface area contributed by atoms with Crippen molar-refractivity contribution in [2.75, 3.05) is 26.2 Å². The molecule has 0 spiro atoms. The number of nitrogens with zero attached hydrogens (tertiary/aromatic N) is 1. The highest BCUT2D eigenvalue weighted by Gasteiger charge is 2.45. The van der Waals surface area contributed by atoms with Crippen LogP contribution in [0.25, 0.3) is 0 Å². The van der Waals surface area contributed by atoms with Crippen molar-refractivity contribution in [1.29, 1.82) is 0 Å². The number of carbonyl (C=O) groups excluding carboxylic acids is 1. The Morgan fingerprint density at radius 1 is 1.50 bits per heavy atom. The smallest absolute Gasteiger partial charge is 0.222 e. The van der Waals surface area contributed by atoms with Gasteiger partial charge in [-0.2, -0.15) is 0 Å². The Balaban J connectivity index is 1.67. The molecule has 0 aromatic heterocycles. The molecule has 104 valence electrons. The van der Waals surface area contributed by atoms with E-state index in [0.29, 0.717) is 25.4 Å². The van der Waals surface area contributed by atoms with Crippen molar-refractivity contribution < 1.29 is 9.90 Å². The third-order valence-corrected chi connectivity index (χ3v) is 4.52. The molecule has 4 heteroatoms. The molecule has 0 bridgehead atoms. The van der Waals surface area contributed by atoms with E-state index in [1.165, 1.54) is 12.8 Å². The van der Waals surface area contributed by atoms with Gasteiger partial charge in [0, 0.05) is 6.42 Å². The number of amides is 1. The van der Waals surface area contributed by atoms with E-state index < -0.39 is 5.60 Å². The second-order valence-corrected chi connectivity index (χ2v) is 6.26. The molecule has 0 aliphatic carbocycles. The lowest BCUT2D eigenvalue weighted by atomic mass is 9.82. The molecule has 1 amide bonds. The topological polar surface area (TPSA) is 52.6 Å². The monoisotopic (exact) mass is 254 g/mol. The first kappa shape index (κ1) is 13.8. The normalized spacial score (nSPS) is 27.1. The third-order valence-electron chi connectivity index (χ3n) is 4.52. The van der Waals surface area contributed by atoms with Crippen molar-refractivity contribution in [3.05, 3.63) is 0 Å². The summed E-state index contributed by atoms with van der Waals surface area (Å²) in [6.07, 6.45) is 4.11. The molecule has 1 unspecified atom stereocenters. The number of β-amino-alcohol motifs (C(OH)–C–C–N with tert-alkyl or cyclic N) is 1. The van der Waals surface area contributed by atoms with Crippen molar-refractivity contribution in [2.24, 2.45) is 11.8 Å². The van der Waals surface area contributed by atoms with E-state index in [2.05, 4.69) is 5.32 Å². The predicted octanol–water partition coefficient (Wildman–Crippen LogP) is 0.995. The van der Waals surface area contributed by atoms with Gasteiger partial charge in [-0.05, 0) is 44.2 Å². The van der Waals surface area contributed by atoms with E-state index in [0.717, 1.165) is 19.5 Å². The van der Waals surface area contributed by atoms with Gasteiger partial charge in [0.25, 0.3) is 0 Å². The summed E-state index contributed by atoms with van der Waals surface area (Å²) in [5.41, 5.74) is -0.637. The van der Waals surface area contributed by atoms with Gasteiger partial charge in [0.15, 0.2) is 0 Å². The molecule has 2 aliphatic rings. The quantitative estimate of drug-likeness (QED) is 0.787. The zero-order valence-electron chi connectivity index (χ0n) is 11.6. The van der Waals surface area contributed by atoms with E-state index >= 15 is 0 Å². The van der Waals surface area contributed by atoms with Crippen molar-refractivity contribution in [3.8, 4) is 0 Å². The van der Waals surface area contributed by atoms with Gasteiger partial charge in [0.1, 0.15) is 5.60 Å². The van der Waals surface area contributed by atoms with Crippen LogP contribution in [0.2, 0.25) is 0 Å². The number of carbonyl (C=O) groups is 1. The molecule has 2 aliphatic heterocycles. The maximum Gasteiger partial charge on any atom is 0.222 e. The lowest BCUT2D eigenvalue weighted by Gasteiger charge is -2.49. The number of hydrogen-bond acceptors (Lipinski definition) is 3. The molecule has 1 atom stereocenters. The van der Waals surface area contributed by atoms with Gasteiger partial charge in [0.05, 0.1) is 13.1 Å². The molecule has 0 saturated carbocycles. The fourth-order valence-electron chi connectivity index (χ4n) is 2.81. The first-order chi connectivity index (χ1) is 8.51. The number of aliphatic hydroxyl groups is 1. The minimum atomic E-state index is -0.637. The van der Waals surface area contributed by atoms with E-state index in [1.807, 2.05) is 13.8 Å². The summed E-state index contributed by atoms with van der Waals surface area (Å²) in [6, 6.07) is 0. The molecule has 2 heterocycles. The number of hydrogen-bond donors (Lipinski definition) is 2. The fourth-order valence-corrected chi connectivity index (χ4v) is 2.81.